The molecule has 0 atom stereocenters. The van der Waals surface area contributed by atoms with Crippen LogP contribution >= 0.6 is 7.60 Å². The van der Waals surface area contributed by atoms with E-state index in [0.717, 1.165) is 0 Å². The number of carbonyl (C=O) groups is 1. The molecule has 0 saturated heterocycles. The summed E-state index contributed by atoms with van der Waals surface area (Å²) in [5.41, 5.74) is 5.86. The number of aromatic amines is 1. The third-order valence-corrected chi connectivity index (χ3v) is 6.63. The van der Waals surface area contributed by atoms with Crippen LogP contribution < -0.4 is 11.3 Å². The topological polar surface area (TPSA) is 155 Å². The number of nitrogens with two attached hydrogens (primary N) is 1. The number of nitrogens with zero attached hydrogens (tertiary/aromatic N) is 4. The third-order valence-electron chi connectivity index (χ3n) is 4.57. The minimum Gasteiger partial charge on any atom is -0.469 e. The summed E-state index contributed by atoms with van der Waals surface area (Å²) in [6.45, 7) is 6.16. The summed E-state index contributed by atoms with van der Waals surface area (Å²) in [7, 11) is -1.84. The van der Waals surface area contributed by atoms with Crippen LogP contribution in [0.25, 0.3) is 11.2 Å². The van der Waals surface area contributed by atoms with Gasteiger partial charge < -0.3 is 29.0 Å². The van der Waals surface area contributed by atoms with Crippen LogP contribution in [0, 0.1) is 0 Å². The highest BCUT2D eigenvalue weighted by atomic mass is 31.2. The fourth-order valence-electron chi connectivity index (χ4n) is 3.09. The van der Waals surface area contributed by atoms with E-state index in [1.807, 2.05) is 0 Å². The van der Waals surface area contributed by atoms with Crippen LogP contribution in [0.4, 0.5) is 5.95 Å². The van der Waals surface area contributed by atoms with Gasteiger partial charge in [0.05, 0.1) is 32.8 Å². The number of imidazole rings is 1. The predicted molar refractivity (Wildman–Crippen MR) is 116 cm³/mol. The first-order valence-corrected chi connectivity index (χ1v) is 11.9. The Morgan fingerprint density at radius 2 is 1.97 bits per heavy atom. The summed E-state index contributed by atoms with van der Waals surface area (Å²) < 4.78 is 30.0. The van der Waals surface area contributed by atoms with Crippen LogP contribution in [0.15, 0.2) is 11.1 Å². The molecule has 0 unspecified atom stereocenters. The van der Waals surface area contributed by atoms with Crippen LogP contribution in [-0.2, 0) is 29.7 Å². The van der Waals surface area contributed by atoms with Gasteiger partial charge in [-0.2, -0.15) is 4.98 Å². The molecule has 0 amide bonds. The van der Waals surface area contributed by atoms with Gasteiger partial charge in [-0.25, -0.2) is 4.98 Å². The van der Waals surface area contributed by atoms with Crippen molar-refractivity contribution >= 4 is 30.7 Å². The maximum atomic E-state index is 12.8. The molecule has 0 radical (unpaired) electrons. The quantitative estimate of drug-likeness (QED) is 0.312. The van der Waals surface area contributed by atoms with Crippen molar-refractivity contribution in [1.29, 1.82) is 0 Å². The molecular formula is C18H31N6O6P. The molecule has 31 heavy (non-hydrogen) atoms. The molecule has 3 N–H and O–H groups in total. The number of carbonyl (C=O) groups excluding carboxylic acids is 1. The van der Waals surface area contributed by atoms with Gasteiger partial charge in [-0.3, -0.25) is 19.1 Å². The van der Waals surface area contributed by atoms with Gasteiger partial charge in [0.15, 0.2) is 11.2 Å². The van der Waals surface area contributed by atoms with Crippen molar-refractivity contribution in [3.05, 3.63) is 16.7 Å². The number of ether oxygens (including phenoxy) is 1. The van der Waals surface area contributed by atoms with Gasteiger partial charge in [0.2, 0.25) is 5.95 Å². The van der Waals surface area contributed by atoms with Crippen LogP contribution in [-0.4, -0.2) is 76.5 Å². The van der Waals surface area contributed by atoms with E-state index in [-0.39, 0.29) is 30.0 Å². The van der Waals surface area contributed by atoms with Gasteiger partial charge >= 0.3 is 13.6 Å². The molecule has 13 heteroatoms. The van der Waals surface area contributed by atoms with E-state index in [0.29, 0.717) is 51.5 Å². The van der Waals surface area contributed by atoms with E-state index in [1.165, 1.54) is 13.4 Å². The summed E-state index contributed by atoms with van der Waals surface area (Å²) in [6.07, 6.45) is 2.62. The van der Waals surface area contributed by atoms with Crippen molar-refractivity contribution in [2.75, 3.05) is 51.9 Å². The Hall–Kier alpha value is -2.27. The normalized spacial score (nSPS) is 12.0. The monoisotopic (exact) mass is 458 g/mol. The lowest BCUT2D eigenvalue weighted by Crippen LogP contribution is -2.32. The zero-order valence-corrected chi connectivity index (χ0v) is 19.1. The summed E-state index contributed by atoms with van der Waals surface area (Å²) >= 11 is 0. The SMILES string of the molecule is CCOP(=O)(CCN(CCCC(=O)OC)CCn1cnc2c(=O)[nH]c(N)nc21)OCC. The lowest BCUT2D eigenvalue weighted by atomic mass is 10.3. The van der Waals surface area contributed by atoms with Crippen molar-refractivity contribution in [3.63, 3.8) is 0 Å². The Bertz CT molecular complexity index is 951. The molecule has 2 heterocycles. The van der Waals surface area contributed by atoms with Crippen molar-refractivity contribution in [2.45, 2.75) is 33.2 Å². The second kappa shape index (κ2) is 11.9. The molecular weight excluding hydrogens is 427 g/mol. The Kier molecular flexibility index (Phi) is 9.63. The average Bonchev–Trinajstić information content (AvgIpc) is 3.13. The Morgan fingerprint density at radius 3 is 2.61 bits per heavy atom. The first-order chi connectivity index (χ1) is 14.8. The molecule has 0 aliphatic carbocycles. The van der Waals surface area contributed by atoms with Crippen molar-refractivity contribution in [1.82, 2.24) is 24.4 Å². The molecule has 0 spiro atoms. The number of hydrogen-bond acceptors (Lipinski definition) is 10. The van der Waals surface area contributed by atoms with Gasteiger partial charge in [-0.1, -0.05) is 0 Å². The smallest absolute Gasteiger partial charge is 0.331 e. The Balaban J connectivity index is 2.08. The average molecular weight is 458 g/mol. The highest BCUT2D eigenvalue weighted by Crippen LogP contribution is 2.47. The van der Waals surface area contributed by atoms with E-state index in [2.05, 4.69) is 19.9 Å². The van der Waals surface area contributed by atoms with Crippen LogP contribution in [0.5, 0.6) is 0 Å². The van der Waals surface area contributed by atoms with E-state index in [9.17, 15) is 14.2 Å². The van der Waals surface area contributed by atoms with Crippen molar-refractivity contribution in [3.8, 4) is 0 Å². The van der Waals surface area contributed by atoms with E-state index >= 15 is 0 Å². The lowest BCUT2D eigenvalue weighted by molar-refractivity contribution is -0.140. The Morgan fingerprint density at radius 1 is 1.26 bits per heavy atom. The van der Waals surface area contributed by atoms with Gasteiger partial charge in [0, 0.05) is 26.1 Å². The highest BCUT2D eigenvalue weighted by molar-refractivity contribution is 7.53. The minimum absolute atomic E-state index is 0.0172. The number of rotatable bonds is 14. The second-order valence-electron chi connectivity index (χ2n) is 6.75. The summed E-state index contributed by atoms with van der Waals surface area (Å²) in [5, 5.41) is 0. The highest BCUT2D eigenvalue weighted by Gasteiger charge is 2.24. The molecule has 12 nitrogen and oxygen atoms in total. The first-order valence-electron chi connectivity index (χ1n) is 10.2. The van der Waals surface area contributed by atoms with Gasteiger partial charge in [0.1, 0.15) is 0 Å². The third kappa shape index (κ3) is 7.42. The van der Waals surface area contributed by atoms with Crippen molar-refractivity contribution < 1.29 is 23.1 Å². The number of nitrogens with one attached hydrogen (secondary N) is 1. The maximum absolute atomic E-state index is 12.8. The zero-order valence-electron chi connectivity index (χ0n) is 18.2. The molecule has 0 bridgehead atoms. The number of H-pyrrole nitrogens is 1. The van der Waals surface area contributed by atoms with Gasteiger partial charge in [0.25, 0.3) is 5.56 Å². The lowest BCUT2D eigenvalue weighted by Gasteiger charge is -2.25. The molecule has 0 aromatic carbocycles. The number of aromatic nitrogens is 4. The molecule has 0 saturated carbocycles. The number of esters is 1. The summed E-state index contributed by atoms with van der Waals surface area (Å²) in [6, 6.07) is 0. The molecule has 2 aromatic rings. The first kappa shape index (κ1) is 25.0. The molecule has 2 aromatic heterocycles. The molecule has 0 aliphatic heterocycles. The van der Waals surface area contributed by atoms with Crippen molar-refractivity contribution in [2.24, 2.45) is 0 Å². The standard InChI is InChI=1S/C18H31N6O6P/c1-4-29-31(27,30-5-2)12-11-23(8-6-7-14(25)28-3)9-10-24-13-20-15-16(24)21-18(19)22-17(15)26/h13H,4-12H2,1-3H3,(H3,19,21,22,26). The number of fused-ring (bicyclic) bond motifs is 1. The molecule has 174 valence electrons. The zero-order chi connectivity index (χ0) is 22.9. The van der Waals surface area contributed by atoms with Crippen LogP contribution in [0.3, 0.4) is 0 Å². The van der Waals surface area contributed by atoms with Gasteiger partial charge in [-0.15, -0.1) is 0 Å². The second-order valence-corrected chi connectivity index (χ2v) is 8.94. The van der Waals surface area contributed by atoms with Crippen LogP contribution in [0.2, 0.25) is 0 Å². The predicted octanol–water partition coefficient (Wildman–Crippen LogP) is 1.22. The summed E-state index contributed by atoms with van der Waals surface area (Å²) in [4.78, 5) is 36.1. The molecule has 0 fully saturated rings. The van der Waals surface area contributed by atoms with Gasteiger partial charge in [-0.05, 0) is 26.8 Å². The largest absolute Gasteiger partial charge is 0.469 e. The number of anilines is 1. The maximum Gasteiger partial charge on any atom is 0.331 e. The minimum atomic E-state index is -3.19. The molecule has 0 aliphatic rings. The van der Waals surface area contributed by atoms with E-state index in [4.69, 9.17) is 19.5 Å². The fourth-order valence-corrected chi connectivity index (χ4v) is 4.74. The Labute approximate surface area is 180 Å². The van der Waals surface area contributed by atoms with E-state index in [1.54, 1.807) is 18.4 Å². The number of nitrogen functional groups attached to an aromatic ring is 1. The number of hydrogen-bond donors (Lipinski definition) is 2. The number of methoxy groups -OCH3 is 1. The molecule has 2 rings (SSSR count). The fraction of sp³-hybridized carbons (Fsp3) is 0.667. The van der Waals surface area contributed by atoms with Crippen LogP contribution in [0.1, 0.15) is 26.7 Å². The summed E-state index contributed by atoms with van der Waals surface area (Å²) in [5.74, 6) is -0.266. The van der Waals surface area contributed by atoms with E-state index < -0.39 is 13.2 Å².